The summed E-state index contributed by atoms with van der Waals surface area (Å²) in [5.74, 6) is 0.409. The molecule has 88 valence electrons. The van der Waals surface area contributed by atoms with E-state index in [0.717, 1.165) is 11.1 Å². The minimum Gasteiger partial charge on any atom is -0.307 e. The number of hydrogen-bond donors (Lipinski definition) is 2. The van der Waals surface area contributed by atoms with Gasteiger partial charge in [0.1, 0.15) is 5.82 Å². The lowest BCUT2D eigenvalue weighted by molar-refractivity contribution is 0.102. The Morgan fingerprint density at radius 3 is 2.82 bits per heavy atom. The largest absolute Gasteiger partial charge is 0.307 e. The highest BCUT2D eigenvalue weighted by atomic mass is 35.5. The number of hydrogen-bond acceptors (Lipinski definition) is 2. The molecule has 2 N–H and O–H groups in total. The number of aromatic nitrogens is 2. The van der Waals surface area contributed by atoms with Gasteiger partial charge in [0.2, 0.25) is 0 Å². The number of aryl methyl sites for hydroxylation is 1. The lowest BCUT2D eigenvalue weighted by Gasteiger charge is -2.07. The van der Waals surface area contributed by atoms with E-state index in [4.69, 9.17) is 11.6 Å². The molecule has 1 amide bonds. The molecule has 0 aliphatic carbocycles. The van der Waals surface area contributed by atoms with Crippen LogP contribution >= 0.6 is 11.6 Å². The smallest absolute Gasteiger partial charge is 0.257 e. The van der Waals surface area contributed by atoms with Gasteiger partial charge in [-0.25, -0.2) is 0 Å². The molecule has 0 aliphatic rings. The van der Waals surface area contributed by atoms with Gasteiger partial charge >= 0.3 is 0 Å². The van der Waals surface area contributed by atoms with E-state index >= 15 is 0 Å². The second-order valence-corrected chi connectivity index (χ2v) is 4.20. The number of H-pyrrole nitrogens is 1. The van der Waals surface area contributed by atoms with Gasteiger partial charge in [-0.15, -0.1) is 0 Å². The predicted molar refractivity (Wildman–Crippen MR) is 67.5 cm³/mol. The van der Waals surface area contributed by atoms with Crippen molar-refractivity contribution in [3.8, 4) is 0 Å². The van der Waals surface area contributed by atoms with Crippen LogP contribution in [0.25, 0.3) is 0 Å². The number of anilines is 1. The second-order valence-electron chi connectivity index (χ2n) is 3.79. The molecule has 0 fully saturated rings. The highest BCUT2D eigenvalue weighted by Crippen LogP contribution is 2.20. The summed E-state index contributed by atoms with van der Waals surface area (Å²) in [6.45, 7) is 3.68. The van der Waals surface area contributed by atoms with Crippen molar-refractivity contribution in [3.63, 3.8) is 0 Å². The molecule has 2 rings (SSSR count). The van der Waals surface area contributed by atoms with Gasteiger partial charge in [0.15, 0.2) is 0 Å². The summed E-state index contributed by atoms with van der Waals surface area (Å²) in [7, 11) is 0. The van der Waals surface area contributed by atoms with Crippen LogP contribution in [0.15, 0.2) is 24.4 Å². The minimum absolute atomic E-state index is 0.197. The average Bonchev–Trinajstić information content (AvgIpc) is 2.68. The van der Waals surface area contributed by atoms with Crippen LogP contribution in [0.1, 0.15) is 21.5 Å². The maximum Gasteiger partial charge on any atom is 0.257 e. The Kier molecular flexibility index (Phi) is 3.15. The normalized spacial score (nSPS) is 10.3. The molecule has 4 nitrogen and oxygen atoms in total. The van der Waals surface area contributed by atoms with E-state index in [0.29, 0.717) is 16.4 Å². The summed E-state index contributed by atoms with van der Waals surface area (Å²) >= 11 is 5.97. The van der Waals surface area contributed by atoms with Crippen molar-refractivity contribution >= 4 is 23.3 Å². The summed E-state index contributed by atoms with van der Waals surface area (Å²) in [6.07, 6.45) is 1.65. The Morgan fingerprint density at radius 1 is 1.41 bits per heavy atom. The standard InChI is InChI=1S/C12H12ClN3O/c1-7-6-14-16-11(7)15-12(17)9-4-3-5-10(13)8(9)2/h3-6H,1-2H3,(H2,14,15,16,17). The van der Waals surface area contributed by atoms with Gasteiger partial charge in [0.05, 0.1) is 6.20 Å². The predicted octanol–water partition coefficient (Wildman–Crippen LogP) is 2.93. The van der Waals surface area contributed by atoms with Gasteiger partial charge in [0.25, 0.3) is 5.91 Å². The highest BCUT2D eigenvalue weighted by Gasteiger charge is 2.12. The molecule has 0 saturated heterocycles. The molecule has 0 spiro atoms. The number of amides is 1. The quantitative estimate of drug-likeness (QED) is 0.860. The van der Waals surface area contributed by atoms with E-state index in [-0.39, 0.29) is 5.91 Å². The van der Waals surface area contributed by atoms with Crippen LogP contribution in [-0.2, 0) is 0 Å². The van der Waals surface area contributed by atoms with E-state index in [1.54, 1.807) is 24.4 Å². The van der Waals surface area contributed by atoms with Crippen molar-refractivity contribution in [1.82, 2.24) is 10.2 Å². The number of nitrogens with zero attached hydrogens (tertiary/aromatic N) is 1. The Morgan fingerprint density at radius 2 is 2.18 bits per heavy atom. The van der Waals surface area contributed by atoms with Crippen molar-refractivity contribution in [2.45, 2.75) is 13.8 Å². The van der Waals surface area contributed by atoms with E-state index in [2.05, 4.69) is 15.5 Å². The fourth-order valence-corrected chi connectivity index (χ4v) is 1.68. The maximum atomic E-state index is 12.0. The number of rotatable bonds is 2. The van der Waals surface area contributed by atoms with Crippen LogP contribution in [0.2, 0.25) is 5.02 Å². The summed E-state index contributed by atoms with van der Waals surface area (Å²) in [5.41, 5.74) is 2.22. The zero-order valence-corrected chi connectivity index (χ0v) is 10.3. The van der Waals surface area contributed by atoms with E-state index in [1.165, 1.54) is 0 Å². The third-order valence-electron chi connectivity index (χ3n) is 2.58. The van der Waals surface area contributed by atoms with Crippen molar-refractivity contribution in [2.24, 2.45) is 0 Å². The number of aromatic amines is 1. The Hall–Kier alpha value is -1.81. The molecule has 0 radical (unpaired) electrons. The summed E-state index contributed by atoms with van der Waals surface area (Å²) in [5, 5.41) is 9.91. The molecule has 2 aromatic rings. The van der Waals surface area contributed by atoms with Gasteiger partial charge in [-0.2, -0.15) is 5.10 Å². The first-order valence-electron chi connectivity index (χ1n) is 5.16. The first-order chi connectivity index (χ1) is 8.09. The molecule has 0 aliphatic heterocycles. The van der Waals surface area contributed by atoms with Gasteiger partial charge < -0.3 is 5.32 Å². The molecular formula is C12H12ClN3O. The zero-order chi connectivity index (χ0) is 12.4. The van der Waals surface area contributed by atoms with Crippen LogP contribution in [0, 0.1) is 13.8 Å². The number of benzene rings is 1. The summed E-state index contributed by atoms with van der Waals surface area (Å²) < 4.78 is 0. The van der Waals surface area contributed by atoms with Crippen LogP contribution in [0.5, 0.6) is 0 Å². The monoisotopic (exact) mass is 249 g/mol. The summed E-state index contributed by atoms with van der Waals surface area (Å²) in [6, 6.07) is 5.25. The molecule has 5 heteroatoms. The third kappa shape index (κ3) is 2.31. The maximum absolute atomic E-state index is 12.0. The van der Waals surface area contributed by atoms with E-state index in [9.17, 15) is 4.79 Å². The van der Waals surface area contributed by atoms with Gasteiger partial charge in [0, 0.05) is 16.1 Å². The first-order valence-corrected chi connectivity index (χ1v) is 5.54. The van der Waals surface area contributed by atoms with Gasteiger partial charge in [-0.05, 0) is 31.5 Å². The van der Waals surface area contributed by atoms with Crippen molar-refractivity contribution < 1.29 is 4.79 Å². The molecule has 17 heavy (non-hydrogen) atoms. The Bertz CT molecular complexity index is 563. The van der Waals surface area contributed by atoms with Crippen LogP contribution in [-0.4, -0.2) is 16.1 Å². The molecule has 1 heterocycles. The SMILES string of the molecule is Cc1cn[nH]c1NC(=O)c1cccc(Cl)c1C. The number of nitrogens with one attached hydrogen (secondary N) is 2. The van der Waals surface area contributed by atoms with Gasteiger partial charge in [-0.1, -0.05) is 17.7 Å². The Labute approximate surface area is 104 Å². The number of halogens is 1. The van der Waals surface area contributed by atoms with Gasteiger partial charge in [-0.3, -0.25) is 9.89 Å². The summed E-state index contributed by atoms with van der Waals surface area (Å²) in [4.78, 5) is 12.0. The zero-order valence-electron chi connectivity index (χ0n) is 9.54. The highest BCUT2D eigenvalue weighted by molar-refractivity contribution is 6.32. The van der Waals surface area contributed by atoms with E-state index < -0.39 is 0 Å². The van der Waals surface area contributed by atoms with Crippen LogP contribution < -0.4 is 5.32 Å². The molecule has 0 saturated carbocycles. The minimum atomic E-state index is -0.197. The second kappa shape index (κ2) is 4.59. The molecular weight excluding hydrogens is 238 g/mol. The van der Waals surface area contributed by atoms with Crippen LogP contribution in [0.4, 0.5) is 5.82 Å². The number of carbonyl (C=O) groups is 1. The average molecular weight is 250 g/mol. The van der Waals surface area contributed by atoms with Crippen LogP contribution in [0.3, 0.4) is 0 Å². The molecule has 1 aromatic heterocycles. The first kappa shape index (κ1) is 11.7. The van der Waals surface area contributed by atoms with Crippen molar-refractivity contribution in [3.05, 3.63) is 46.1 Å². The fraction of sp³-hybridized carbons (Fsp3) is 0.167. The molecule has 1 aromatic carbocycles. The molecule has 0 atom stereocenters. The lowest BCUT2D eigenvalue weighted by atomic mass is 10.1. The molecule has 0 bridgehead atoms. The topological polar surface area (TPSA) is 57.8 Å². The third-order valence-corrected chi connectivity index (χ3v) is 2.99. The lowest BCUT2D eigenvalue weighted by Crippen LogP contribution is -2.14. The molecule has 0 unspecified atom stereocenters. The Balaban J connectivity index is 2.27. The van der Waals surface area contributed by atoms with Crippen molar-refractivity contribution in [1.29, 1.82) is 0 Å². The number of carbonyl (C=O) groups excluding carboxylic acids is 1. The fourth-order valence-electron chi connectivity index (χ4n) is 1.51. The van der Waals surface area contributed by atoms with E-state index in [1.807, 2.05) is 13.8 Å². The van der Waals surface area contributed by atoms with Crippen molar-refractivity contribution in [2.75, 3.05) is 5.32 Å².